The average Bonchev–Trinajstić information content (AvgIpc) is 2.41. The molecule has 0 bridgehead atoms. The van der Waals surface area contributed by atoms with Crippen LogP contribution >= 0.6 is 12.2 Å². The molecule has 1 aliphatic rings. The van der Waals surface area contributed by atoms with Gasteiger partial charge >= 0.3 is 0 Å². The van der Waals surface area contributed by atoms with Crippen molar-refractivity contribution in [1.82, 2.24) is 9.62 Å². The number of benzene rings is 1. The summed E-state index contributed by atoms with van der Waals surface area (Å²) in [7, 11) is -1.64. The molecule has 0 saturated carbocycles. The molecule has 5 nitrogen and oxygen atoms in total. The first-order chi connectivity index (χ1) is 9.75. The minimum Gasteiger partial charge on any atom is -0.392 e. The molecule has 0 aromatic heterocycles. The first-order valence-electron chi connectivity index (χ1n) is 6.84. The maximum absolute atomic E-state index is 12.6. The van der Waals surface area contributed by atoms with Gasteiger partial charge in [-0.3, -0.25) is 0 Å². The number of hydrogen-bond donors (Lipinski definition) is 2. The van der Waals surface area contributed by atoms with Crippen molar-refractivity contribution in [2.45, 2.75) is 30.2 Å². The Balaban J connectivity index is 2.30. The molecule has 7 heteroatoms. The fourth-order valence-corrected chi connectivity index (χ4v) is 4.36. The maximum Gasteiger partial charge on any atom is 0.241 e. The van der Waals surface area contributed by atoms with Crippen LogP contribution in [0.1, 0.15) is 18.4 Å². The third kappa shape index (κ3) is 3.60. The summed E-state index contributed by atoms with van der Waals surface area (Å²) >= 11 is 5.14. The van der Waals surface area contributed by atoms with Crippen molar-refractivity contribution >= 4 is 27.2 Å². The topological polar surface area (TPSA) is 75.4 Å². The highest BCUT2D eigenvalue weighted by Gasteiger charge is 2.40. The number of piperidine rings is 1. The average molecular weight is 327 g/mol. The van der Waals surface area contributed by atoms with Crippen molar-refractivity contribution in [2.24, 2.45) is 5.73 Å². The first-order valence-corrected chi connectivity index (χ1v) is 8.73. The summed E-state index contributed by atoms with van der Waals surface area (Å²) in [6.45, 7) is 3.37. The number of rotatable bonds is 4. The molecule has 3 N–H and O–H groups in total. The summed E-state index contributed by atoms with van der Waals surface area (Å²) in [4.78, 5) is 2.60. The lowest BCUT2D eigenvalue weighted by atomic mass is 9.89. The molecular formula is C14H21N3O2S2. The Morgan fingerprint density at radius 3 is 2.52 bits per heavy atom. The van der Waals surface area contributed by atoms with Gasteiger partial charge in [-0.2, -0.15) is 4.72 Å². The van der Waals surface area contributed by atoms with Gasteiger partial charge in [-0.05, 0) is 44.5 Å². The molecule has 116 valence electrons. The molecular weight excluding hydrogens is 306 g/mol. The second-order valence-electron chi connectivity index (χ2n) is 5.67. The minimum atomic E-state index is -3.64. The molecule has 0 spiro atoms. The first kappa shape index (κ1) is 16.4. The second-order valence-corrected chi connectivity index (χ2v) is 7.79. The van der Waals surface area contributed by atoms with E-state index in [9.17, 15) is 8.42 Å². The number of hydrogen-bond acceptors (Lipinski definition) is 4. The number of thiocarbonyl (C=S) groups is 1. The van der Waals surface area contributed by atoms with Gasteiger partial charge in [0.2, 0.25) is 10.0 Å². The van der Waals surface area contributed by atoms with Crippen molar-refractivity contribution in [3.8, 4) is 0 Å². The van der Waals surface area contributed by atoms with Gasteiger partial charge in [0, 0.05) is 13.1 Å². The smallest absolute Gasteiger partial charge is 0.241 e. The SMILES string of the molecule is Cc1cccc(S(=O)(=O)NC2(C(N)=S)CCN(C)CC2)c1. The van der Waals surface area contributed by atoms with E-state index in [4.69, 9.17) is 18.0 Å². The highest BCUT2D eigenvalue weighted by molar-refractivity contribution is 7.89. The van der Waals surface area contributed by atoms with Crippen LogP contribution in [-0.2, 0) is 10.0 Å². The van der Waals surface area contributed by atoms with E-state index in [1.54, 1.807) is 18.2 Å². The quantitative estimate of drug-likeness (QED) is 0.808. The van der Waals surface area contributed by atoms with Gasteiger partial charge in [0.15, 0.2) is 0 Å². The number of nitrogens with zero attached hydrogens (tertiary/aromatic N) is 1. The fourth-order valence-electron chi connectivity index (χ4n) is 2.50. The number of aryl methyl sites for hydroxylation is 1. The van der Waals surface area contributed by atoms with E-state index < -0.39 is 15.6 Å². The number of likely N-dealkylation sites (tertiary alicyclic amines) is 1. The maximum atomic E-state index is 12.6. The van der Waals surface area contributed by atoms with E-state index in [-0.39, 0.29) is 9.88 Å². The summed E-state index contributed by atoms with van der Waals surface area (Å²) in [5, 5.41) is 0. The van der Waals surface area contributed by atoms with Crippen molar-refractivity contribution in [3.05, 3.63) is 29.8 Å². The Bertz CT molecular complexity index is 635. The molecule has 1 saturated heterocycles. The lowest BCUT2D eigenvalue weighted by Gasteiger charge is -2.40. The molecule has 0 amide bonds. The van der Waals surface area contributed by atoms with Gasteiger partial charge in [0.25, 0.3) is 0 Å². The number of nitrogens with two attached hydrogens (primary N) is 1. The highest BCUT2D eigenvalue weighted by atomic mass is 32.2. The Labute approximate surface area is 131 Å². The molecule has 1 aliphatic heterocycles. The van der Waals surface area contributed by atoms with Crippen LogP contribution in [0.4, 0.5) is 0 Å². The molecule has 0 atom stereocenters. The Kier molecular flexibility index (Phi) is 4.67. The van der Waals surface area contributed by atoms with Gasteiger partial charge in [-0.15, -0.1) is 0 Å². The standard InChI is InChI=1S/C14H21N3O2S2/c1-11-4-3-5-12(10-11)21(18,19)16-14(13(15)20)6-8-17(2)9-7-14/h3-5,10,16H,6-9H2,1-2H3,(H2,15,20). The molecule has 21 heavy (non-hydrogen) atoms. The van der Waals surface area contributed by atoms with Crippen LogP contribution in [-0.4, -0.2) is 44.0 Å². The zero-order valence-electron chi connectivity index (χ0n) is 12.3. The normalized spacial score (nSPS) is 19.3. The van der Waals surface area contributed by atoms with E-state index >= 15 is 0 Å². The zero-order valence-corrected chi connectivity index (χ0v) is 13.9. The highest BCUT2D eigenvalue weighted by Crippen LogP contribution is 2.25. The lowest BCUT2D eigenvalue weighted by Crippen LogP contribution is -2.61. The molecule has 2 rings (SSSR count). The van der Waals surface area contributed by atoms with Crippen LogP contribution in [0.25, 0.3) is 0 Å². The van der Waals surface area contributed by atoms with Crippen LogP contribution in [0.15, 0.2) is 29.2 Å². The van der Waals surface area contributed by atoms with Crippen LogP contribution < -0.4 is 10.5 Å². The van der Waals surface area contributed by atoms with Gasteiger partial charge in [-0.1, -0.05) is 24.4 Å². The molecule has 0 unspecified atom stereocenters. The molecule has 1 heterocycles. The second kappa shape index (κ2) is 6.00. The Morgan fingerprint density at radius 1 is 1.38 bits per heavy atom. The summed E-state index contributed by atoms with van der Waals surface area (Å²) in [5.41, 5.74) is 5.91. The van der Waals surface area contributed by atoms with Crippen LogP contribution in [0.3, 0.4) is 0 Å². The summed E-state index contributed by atoms with van der Waals surface area (Å²) < 4.78 is 28.0. The third-order valence-electron chi connectivity index (χ3n) is 3.94. The summed E-state index contributed by atoms with van der Waals surface area (Å²) in [6.07, 6.45) is 1.17. The molecule has 1 aromatic rings. The van der Waals surface area contributed by atoms with Crippen molar-refractivity contribution in [2.75, 3.05) is 20.1 Å². The fraction of sp³-hybridized carbons (Fsp3) is 0.500. The van der Waals surface area contributed by atoms with E-state index in [0.717, 1.165) is 18.7 Å². The zero-order chi connectivity index (χ0) is 15.7. The number of sulfonamides is 1. The van der Waals surface area contributed by atoms with Gasteiger partial charge in [-0.25, -0.2) is 8.42 Å². The molecule has 1 aromatic carbocycles. The van der Waals surface area contributed by atoms with E-state index in [1.165, 1.54) is 0 Å². The minimum absolute atomic E-state index is 0.215. The molecule has 1 fully saturated rings. The van der Waals surface area contributed by atoms with Gasteiger partial charge in [0.1, 0.15) is 0 Å². The Hall–Kier alpha value is -1.02. The van der Waals surface area contributed by atoms with E-state index in [2.05, 4.69) is 9.62 Å². The largest absolute Gasteiger partial charge is 0.392 e. The summed E-state index contributed by atoms with van der Waals surface area (Å²) in [5.74, 6) is 0. The van der Waals surface area contributed by atoms with Crippen molar-refractivity contribution in [3.63, 3.8) is 0 Å². The van der Waals surface area contributed by atoms with Gasteiger partial charge in [0.05, 0.1) is 15.4 Å². The van der Waals surface area contributed by atoms with Crippen LogP contribution in [0.5, 0.6) is 0 Å². The molecule has 0 aliphatic carbocycles. The van der Waals surface area contributed by atoms with Crippen LogP contribution in [0, 0.1) is 6.92 Å². The van der Waals surface area contributed by atoms with Gasteiger partial charge < -0.3 is 10.6 Å². The Morgan fingerprint density at radius 2 is 2.00 bits per heavy atom. The predicted octanol–water partition coefficient (Wildman–Crippen LogP) is 1.02. The third-order valence-corrected chi connectivity index (χ3v) is 5.87. The van der Waals surface area contributed by atoms with E-state index in [0.29, 0.717) is 12.8 Å². The number of nitrogens with one attached hydrogen (secondary N) is 1. The summed E-state index contributed by atoms with van der Waals surface area (Å²) in [6, 6.07) is 6.81. The monoisotopic (exact) mass is 327 g/mol. The van der Waals surface area contributed by atoms with Crippen molar-refractivity contribution < 1.29 is 8.42 Å². The lowest BCUT2D eigenvalue weighted by molar-refractivity contribution is 0.220. The predicted molar refractivity (Wildman–Crippen MR) is 87.7 cm³/mol. The van der Waals surface area contributed by atoms with Crippen LogP contribution in [0.2, 0.25) is 0 Å². The molecule has 0 radical (unpaired) electrons. The van der Waals surface area contributed by atoms with E-state index in [1.807, 2.05) is 20.0 Å². The van der Waals surface area contributed by atoms with Crippen molar-refractivity contribution in [1.29, 1.82) is 0 Å².